The zero-order valence-electron chi connectivity index (χ0n) is 12.5. The van der Waals surface area contributed by atoms with Crippen LogP contribution in [0.2, 0.25) is 0 Å². The van der Waals surface area contributed by atoms with Gasteiger partial charge in [-0.1, -0.05) is 5.16 Å². The molecule has 0 atom stereocenters. The summed E-state index contributed by atoms with van der Waals surface area (Å²) < 4.78 is 52.5. The molecule has 0 saturated heterocycles. The highest BCUT2D eigenvalue weighted by molar-refractivity contribution is 7.92. The number of aromatic nitrogens is 1. The highest BCUT2D eigenvalue weighted by Crippen LogP contribution is 2.22. The van der Waals surface area contributed by atoms with Crippen molar-refractivity contribution in [1.29, 1.82) is 0 Å². The van der Waals surface area contributed by atoms with Crippen LogP contribution in [0.1, 0.15) is 9.87 Å². The maximum atomic E-state index is 12.5. The van der Waals surface area contributed by atoms with E-state index in [0.717, 1.165) is 0 Å². The quantitative estimate of drug-likeness (QED) is 0.851. The Labute approximate surface area is 109 Å². The fourth-order valence-electron chi connectivity index (χ4n) is 1.32. The Morgan fingerprint density at radius 3 is 2.56 bits per heavy atom. The molecule has 1 heterocycles. The van der Waals surface area contributed by atoms with Gasteiger partial charge >= 0.3 is 0 Å². The number of anilines is 2. The molecule has 0 amide bonds. The highest BCUT2D eigenvalue weighted by atomic mass is 32.2. The lowest BCUT2D eigenvalue weighted by Crippen LogP contribution is -2.26. The first-order valence-corrected chi connectivity index (χ1v) is 6.41. The summed E-state index contributed by atoms with van der Waals surface area (Å²) in [5.74, 6) is -0.00363. The third kappa shape index (κ3) is 2.17. The lowest BCUT2D eigenvalue weighted by atomic mass is 10.3. The highest BCUT2D eigenvalue weighted by Gasteiger charge is 2.23. The molecular weight excluding hydrogens is 254 g/mol. The molecule has 2 rings (SSSR count). The molecule has 0 spiro atoms. The number of benzene rings is 1. The van der Waals surface area contributed by atoms with Crippen molar-refractivity contribution in [3.8, 4) is 0 Å². The van der Waals surface area contributed by atoms with Crippen LogP contribution in [0.15, 0.2) is 39.8 Å². The van der Waals surface area contributed by atoms with E-state index in [9.17, 15) is 8.42 Å². The van der Waals surface area contributed by atoms with Crippen molar-refractivity contribution in [2.75, 3.05) is 17.0 Å². The van der Waals surface area contributed by atoms with Crippen LogP contribution in [0, 0.1) is 6.92 Å². The summed E-state index contributed by atoms with van der Waals surface area (Å²) in [5, 5.41) is 3.48. The van der Waals surface area contributed by atoms with Crippen LogP contribution < -0.4 is 10.0 Å². The second-order valence-corrected chi connectivity index (χ2v) is 5.42. The Kier molecular flexibility index (Phi) is 2.16. The molecule has 0 aliphatic rings. The van der Waals surface area contributed by atoms with Gasteiger partial charge in [0.25, 0.3) is 10.0 Å². The number of rotatable bonds is 3. The summed E-state index contributed by atoms with van der Waals surface area (Å²) in [7, 11) is -4.32. The molecule has 0 aliphatic heterocycles. The second kappa shape index (κ2) is 4.34. The van der Waals surface area contributed by atoms with Crippen LogP contribution >= 0.6 is 0 Å². The molecule has 2 N–H and O–H groups in total. The predicted molar refractivity (Wildman–Crippen MR) is 67.7 cm³/mol. The van der Waals surface area contributed by atoms with Crippen LogP contribution in [0.25, 0.3) is 0 Å². The molecule has 0 saturated carbocycles. The molecule has 0 aliphatic carbocycles. The van der Waals surface area contributed by atoms with Crippen molar-refractivity contribution in [3.05, 3.63) is 36.1 Å². The summed E-state index contributed by atoms with van der Waals surface area (Å²) in [6, 6.07) is 6.45. The molecule has 96 valence electrons. The number of hydrogen-bond donors (Lipinski definition) is 1. The Hall–Kier alpha value is -2.02. The third-order valence-electron chi connectivity index (χ3n) is 2.24. The Balaban J connectivity index is 2.58. The minimum Gasteiger partial charge on any atom is -0.399 e. The van der Waals surface area contributed by atoms with Gasteiger partial charge < -0.3 is 10.3 Å². The van der Waals surface area contributed by atoms with Crippen LogP contribution in [-0.2, 0) is 10.0 Å². The molecular formula is C11H13N3O3S. The van der Waals surface area contributed by atoms with Crippen LogP contribution in [-0.4, -0.2) is 20.6 Å². The van der Waals surface area contributed by atoms with E-state index in [1.54, 1.807) is 0 Å². The van der Waals surface area contributed by atoms with Crippen molar-refractivity contribution in [2.24, 2.45) is 0 Å². The van der Waals surface area contributed by atoms with Crippen LogP contribution in [0.5, 0.6) is 0 Å². The fourth-order valence-corrected chi connectivity index (χ4v) is 2.34. The molecule has 1 aromatic carbocycles. The zero-order chi connectivity index (χ0) is 15.8. The van der Waals surface area contributed by atoms with Gasteiger partial charge in [-0.3, -0.25) is 4.31 Å². The van der Waals surface area contributed by atoms with Gasteiger partial charge in [0.15, 0.2) is 5.82 Å². The summed E-state index contributed by atoms with van der Waals surface area (Å²) >= 11 is 0. The molecule has 18 heavy (non-hydrogen) atoms. The van der Waals surface area contributed by atoms with Gasteiger partial charge in [0.2, 0.25) is 0 Å². The van der Waals surface area contributed by atoms with E-state index >= 15 is 0 Å². The van der Waals surface area contributed by atoms with E-state index in [4.69, 9.17) is 14.4 Å². The van der Waals surface area contributed by atoms with Crippen molar-refractivity contribution in [3.63, 3.8) is 0 Å². The normalized spacial score (nSPS) is 14.6. The number of hydrogen-bond acceptors (Lipinski definition) is 5. The van der Waals surface area contributed by atoms with Crippen molar-refractivity contribution in [1.82, 2.24) is 5.16 Å². The molecule has 0 bridgehead atoms. The first kappa shape index (κ1) is 8.98. The third-order valence-corrected chi connectivity index (χ3v) is 3.78. The first-order valence-electron chi connectivity index (χ1n) is 6.46. The number of sulfonamides is 1. The van der Waals surface area contributed by atoms with E-state index in [-0.39, 0.29) is 15.0 Å². The Morgan fingerprint density at radius 1 is 1.39 bits per heavy atom. The molecule has 0 fully saturated rings. The minimum absolute atomic E-state index is 0.200. The monoisotopic (exact) mass is 270 g/mol. The standard InChI is InChI=1S/C11H13N3O3S/c1-8-7-11(13-17-8)14(2)18(15,16)10-5-3-9(12)4-6-10/h3-7H,12H2,1-2H3/i2D3. The lowest BCUT2D eigenvalue weighted by Gasteiger charge is -2.15. The SMILES string of the molecule is [2H]C([2H])([2H])N(c1cc(C)on1)S(=O)(=O)c1ccc(N)cc1. The number of aryl methyl sites for hydroxylation is 1. The molecule has 0 radical (unpaired) electrons. The molecule has 1 aromatic heterocycles. The van der Waals surface area contributed by atoms with E-state index < -0.39 is 17.0 Å². The summed E-state index contributed by atoms with van der Waals surface area (Å²) in [6.45, 7) is -1.41. The van der Waals surface area contributed by atoms with Gasteiger partial charge in [0.1, 0.15) is 5.76 Å². The van der Waals surface area contributed by atoms with Gasteiger partial charge in [0.05, 0.1) is 4.90 Å². The first-order chi connectivity index (χ1) is 9.62. The zero-order valence-corrected chi connectivity index (χ0v) is 10.3. The molecule has 7 heteroatoms. The number of nitrogens with two attached hydrogens (primary N) is 1. The summed E-state index contributed by atoms with van der Waals surface area (Å²) in [4.78, 5) is -0.200. The maximum absolute atomic E-state index is 12.5. The summed E-state index contributed by atoms with van der Waals surface area (Å²) in [6.07, 6.45) is 0. The van der Waals surface area contributed by atoms with Crippen molar-refractivity contribution in [2.45, 2.75) is 11.8 Å². The van der Waals surface area contributed by atoms with Gasteiger partial charge in [-0.2, -0.15) is 0 Å². The van der Waals surface area contributed by atoms with Crippen LogP contribution in [0.4, 0.5) is 11.5 Å². The van der Waals surface area contributed by atoms with Gasteiger partial charge in [0, 0.05) is 22.8 Å². The topological polar surface area (TPSA) is 89.4 Å². The van der Waals surface area contributed by atoms with Gasteiger partial charge in [-0.25, -0.2) is 8.42 Å². The number of nitrogens with zero attached hydrogens (tertiary/aromatic N) is 2. The van der Waals surface area contributed by atoms with E-state index in [1.165, 1.54) is 37.3 Å². The largest absolute Gasteiger partial charge is 0.399 e. The predicted octanol–water partition coefficient (Wildman–Crippen LogP) is 1.39. The van der Waals surface area contributed by atoms with Crippen molar-refractivity contribution >= 4 is 21.5 Å². The Morgan fingerprint density at radius 2 is 2.06 bits per heavy atom. The average molecular weight is 270 g/mol. The van der Waals surface area contributed by atoms with Gasteiger partial charge in [-0.15, -0.1) is 0 Å². The molecule has 2 aromatic rings. The van der Waals surface area contributed by atoms with Gasteiger partial charge in [-0.05, 0) is 31.2 Å². The van der Waals surface area contributed by atoms with Crippen LogP contribution in [0.3, 0.4) is 0 Å². The van der Waals surface area contributed by atoms with E-state index in [1.807, 2.05) is 0 Å². The molecule has 0 unspecified atom stereocenters. The van der Waals surface area contributed by atoms with E-state index in [0.29, 0.717) is 11.4 Å². The smallest absolute Gasteiger partial charge is 0.265 e. The van der Waals surface area contributed by atoms with Crippen molar-refractivity contribution < 1.29 is 17.1 Å². The Bertz CT molecular complexity index is 738. The van der Waals surface area contributed by atoms with E-state index in [2.05, 4.69) is 5.16 Å². The lowest BCUT2D eigenvalue weighted by molar-refractivity contribution is 0.399. The fraction of sp³-hybridized carbons (Fsp3) is 0.182. The average Bonchev–Trinajstić information content (AvgIpc) is 2.73. The molecule has 6 nitrogen and oxygen atoms in total. The minimum atomic E-state index is -4.32. The summed E-state index contributed by atoms with van der Waals surface area (Å²) in [5.41, 5.74) is 5.87. The second-order valence-electron chi connectivity index (χ2n) is 3.63. The number of nitrogen functional groups attached to an aromatic ring is 1. The maximum Gasteiger partial charge on any atom is 0.265 e.